The van der Waals surface area contributed by atoms with Gasteiger partial charge in [0.2, 0.25) is 0 Å². The molecule has 2 atom stereocenters. The lowest BCUT2D eigenvalue weighted by Gasteiger charge is -2.21. The molecule has 1 saturated carbocycles. The summed E-state index contributed by atoms with van der Waals surface area (Å²) in [7, 11) is 0. The van der Waals surface area contributed by atoms with Crippen LogP contribution < -0.4 is 11.1 Å². The van der Waals surface area contributed by atoms with Crippen molar-refractivity contribution < 1.29 is 0 Å². The van der Waals surface area contributed by atoms with Gasteiger partial charge in [-0.2, -0.15) is 0 Å². The van der Waals surface area contributed by atoms with Gasteiger partial charge in [-0.25, -0.2) is 0 Å². The average Bonchev–Trinajstić information content (AvgIpc) is 2.64. The summed E-state index contributed by atoms with van der Waals surface area (Å²) in [5.41, 5.74) is 7.73. The highest BCUT2D eigenvalue weighted by molar-refractivity contribution is 9.10. The van der Waals surface area contributed by atoms with Crippen molar-refractivity contribution in [3.63, 3.8) is 0 Å². The molecule has 92 valence electrons. The van der Waals surface area contributed by atoms with Crippen LogP contribution in [0.5, 0.6) is 0 Å². The third-order valence-electron chi connectivity index (χ3n) is 3.45. The minimum atomic E-state index is 0.450. The average molecular weight is 313 g/mol. The Hall–Kier alpha value is -0.610. The number of anilines is 1. The van der Waals surface area contributed by atoms with Crippen LogP contribution in [-0.4, -0.2) is 11.0 Å². The van der Waals surface area contributed by atoms with Gasteiger partial charge in [-0.1, -0.05) is 41.5 Å². The summed E-state index contributed by atoms with van der Waals surface area (Å²) in [4.78, 5) is 0.450. The van der Waals surface area contributed by atoms with Gasteiger partial charge in [-0.15, -0.1) is 0 Å². The Morgan fingerprint density at radius 2 is 2.24 bits per heavy atom. The molecule has 0 spiro atoms. The van der Waals surface area contributed by atoms with Crippen LogP contribution in [-0.2, 0) is 0 Å². The lowest BCUT2D eigenvalue weighted by atomic mass is 10.1. The maximum atomic E-state index is 5.75. The fraction of sp³-hybridized carbons (Fsp3) is 0.462. The van der Waals surface area contributed by atoms with Gasteiger partial charge in [0.25, 0.3) is 0 Å². The van der Waals surface area contributed by atoms with Crippen molar-refractivity contribution in [2.75, 3.05) is 5.32 Å². The molecule has 1 aromatic rings. The topological polar surface area (TPSA) is 38.0 Å². The van der Waals surface area contributed by atoms with Gasteiger partial charge in [0.15, 0.2) is 0 Å². The van der Waals surface area contributed by atoms with Crippen LogP contribution >= 0.6 is 28.1 Å². The quantitative estimate of drug-likeness (QED) is 0.836. The Morgan fingerprint density at radius 3 is 2.82 bits per heavy atom. The molecule has 2 nitrogen and oxygen atoms in total. The van der Waals surface area contributed by atoms with E-state index >= 15 is 0 Å². The molecule has 0 radical (unpaired) electrons. The molecule has 17 heavy (non-hydrogen) atoms. The molecular formula is C13H17BrN2S. The summed E-state index contributed by atoms with van der Waals surface area (Å²) < 4.78 is 1.05. The fourth-order valence-electron chi connectivity index (χ4n) is 2.41. The standard InChI is InChI=1S/C13H17BrN2S/c1-8-3-2-4-11(8)16-12-7-9(14)5-6-10(12)13(15)17/h5-8,11,16H,2-4H2,1H3,(H2,15,17). The molecule has 0 bridgehead atoms. The second kappa shape index (κ2) is 5.36. The van der Waals surface area contributed by atoms with Gasteiger partial charge in [0, 0.05) is 21.8 Å². The molecular weight excluding hydrogens is 296 g/mol. The second-order valence-electron chi connectivity index (χ2n) is 4.71. The monoisotopic (exact) mass is 312 g/mol. The molecule has 1 aliphatic rings. The number of nitrogens with one attached hydrogen (secondary N) is 1. The number of thiocarbonyl (C=S) groups is 1. The van der Waals surface area contributed by atoms with Gasteiger partial charge in [0.1, 0.15) is 4.99 Å². The third kappa shape index (κ3) is 2.99. The largest absolute Gasteiger partial charge is 0.389 e. The number of hydrogen-bond acceptors (Lipinski definition) is 2. The molecule has 0 amide bonds. The zero-order valence-electron chi connectivity index (χ0n) is 9.87. The highest BCUT2D eigenvalue weighted by Gasteiger charge is 2.23. The lowest BCUT2D eigenvalue weighted by molar-refractivity contribution is 0.556. The predicted molar refractivity (Wildman–Crippen MR) is 80.5 cm³/mol. The number of rotatable bonds is 3. The Kier molecular flexibility index (Phi) is 4.05. The summed E-state index contributed by atoms with van der Waals surface area (Å²) in [6.07, 6.45) is 3.83. The first-order valence-electron chi connectivity index (χ1n) is 5.94. The van der Waals surface area contributed by atoms with Crippen LogP contribution in [0.3, 0.4) is 0 Å². The van der Waals surface area contributed by atoms with E-state index in [4.69, 9.17) is 18.0 Å². The van der Waals surface area contributed by atoms with Gasteiger partial charge in [-0.3, -0.25) is 0 Å². The number of hydrogen-bond donors (Lipinski definition) is 2. The molecule has 0 aromatic heterocycles. The number of nitrogens with two attached hydrogens (primary N) is 1. The van der Waals surface area contributed by atoms with Crippen LogP contribution in [0, 0.1) is 5.92 Å². The van der Waals surface area contributed by atoms with E-state index in [1.165, 1.54) is 19.3 Å². The number of halogens is 1. The third-order valence-corrected chi connectivity index (χ3v) is 4.16. The van der Waals surface area contributed by atoms with E-state index in [1.54, 1.807) is 0 Å². The van der Waals surface area contributed by atoms with E-state index in [0.29, 0.717) is 16.9 Å². The molecule has 1 fully saturated rings. The highest BCUT2D eigenvalue weighted by atomic mass is 79.9. The molecule has 0 aliphatic heterocycles. The van der Waals surface area contributed by atoms with Crippen LogP contribution in [0.15, 0.2) is 22.7 Å². The van der Waals surface area contributed by atoms with Crippen molar-refractivity contribution in [2.45, 2.75) is 32.2 Å². The highest BCUT2D eigenvalue weighted by Crippen LogP contribution is 2.30. The molecule has 4 heteroatoms. The summed E-state index contributed by atoms with van der Waals surface area (Å²) in [5, 5.41) is 3.58. The van der Waals surface area contributed by atoms with E-state index in [-0.39, 0.29) is 0 Å². The van der Waals surface area contributed by atoms with E-state index in [9.17, 15) is 0 Å². The van der Waals surface area contributed by atoms with Crippen molar-refractivity contribution in [3.8, 4) is 0 Å². The van der Waals surface area contributed by atoms with E-state index in [0.717, 1.165) is 15.7 Å². The number of benzene rings is 1. The van der Waals surface area contributed by atoms with Gasteiger partial charge < -0.3 is 11.1 Å². The summed E-state index contributed by atoms with van der Waals surface area (Å²) in [5.74, 6) is 0.716. The molecule has 3 N–H and O–H groups in total. The molecule has 0 saturated heterocycles. The van der Waals surface area contributed by atoms with E-state index in [1.807, 2.05) is 12.1 Å². The Morgan fingerprint density at radius 1 is 1.47 bits per heavy atom. The Bertz CT molecular complexity index is 433. The minimum Gasteiger partial charge on any atom is -0.389 e. The summed E-state index contributed by atoms with van der Waals surface area (Å²) >= 11 is 8.57. The van der Waals surface area contributed by atoms with Gasteiger partial charge in [-0.05, 0) is 37.0 Å². The van der Waals surface area contributed by atoms with Gasteiger partial charge in [0.05, 0.1) is 0 Å². The molecule has 2 rings (SSSR count). The van der Waals surface area contributed by atoms with E-state index in [2.05, 4.69) is 34.2 Å². The zero-order valence-corrected chi connectivity index (χ0v) is 12.3. The van der Waals surface area contributed by atoms with Crippen molar-refractivity contribution in [1.29, 1.82) is 0 Å². The zero-order chi connectivity index (χ0) is 12.4. The predicted octanol–water partition coefficient (Wildman–Crippen LogP) is 3.68. The molecule has 1 aromatic carbocycles. The van der Waals surface area contributed by atoms with Crippen LogP contribution in [0.1, 0.15) is 31.7 Å². The van der Waals surface area contributed by atoms with Crippen molar-refractivity contribution >= 4 is 38.8 Å². The van der Waals surface area contributed by atoms with Crippen LogP contribution in [0.25, 0.3) is 0 Å². The SMILES string of the molecule is CC1CCCC1Nc1cc(Br)ccc1C(N)=S. The molecule has 0 heterocycles. The summed E-state index contributed by atoms with van der Waals surface area (Å²) in [6.45, 7) is 2.29. The fourth-order valence-corrected chi connectivity index (χ4v) is 2.95. The first kappa shape index (κ1) is 12.8. The summed E-state index contributed by atoms with van der Waals surface area (Å²) in [6, 6.07) is 6.53. The molecule has 1 aliphatic carbocycles. The first-order chi connectivity index (χ1) is 8.08. The minimum absolute atomic E-state index is 0.450. The Labute approximate surface area is 116 Å². The Balaban J connectivity index is 2.24. The maximum Gasteiger partial charge on any atom is 0.106 e. The van der Waals surface area contributed by atoms with Crippen molar-refractivity contribution in [1.82, 2.24) is 0 Å². The van der Waals surface area contributed by atoms with Crippen LogP contribution in [0.2, 0.25) is 0 Å². The van der Waals surface area contributed by atoms with E-state index < -0.39 is 0 Å². The van der Waals surface area contributed by atoms with Crippen LogP contribution in [0.4, 0.5) is 5.69 Å². The smallest absolute Gasteiger partial charge is 0.106 e. The van der Waals surface area contributed by atoms with Gasteiger partial charge >= 0.3 is 0 Å². The maximum absolute atomic E-state index is 5.75. The first-order valence-corrected chi connectivity index (χ1v) is 7.14. The van der Waals surface area contributed by atoms with Crippen molar-refractivity contribution in [3.05, 3.63) is 28.2 Å². The normalized spacial score (nSPS) is 23.6. The molecule has 2 unspecified atom stereocenters. The van der Waals surface area contributed by atoms with Crippen molar-refractivity contribution in [2.24, 2.45) is 11.7 Å². The second-order valence-corrected chi connectivity index (χ2v) is 6.07. The lowest BCUT2D eigenvalue weighted by Crippen LogP contribution is -2.24.